The monoisotopic (exact) mass is 259 g/mol. The van der Waals surface area contributed by atoms with E-state index in [-0.39, 0.29) is 0 Å². The quantitative estimate of drug-likeness (QED) is 0.778. The highest BCUT2D eigenvalue weighted by atomic mass is 32.2. The maximum atomic E-state index is 4.36. The molecule has 18 heavy (non-hydrogen) atoms. The van der Waals surface area contributed by atoms with Crippen LogP contribution in [0.3, 0.4) is 0 Å². The molecule has 0 aliphatic heterocycles. The van der Waals surface area contributed by atoms with Crippen LogP contribution in [0.15, 0.2) is 23.4 Å². The molecule has 0 unspecified atom stereocenters. The van der Waals surface area contributed by atoms with Crippen molar-refractivity contribution in [1.82, 2.24) is 4.98 Å². The highest BCUT2D eigenvalue weighted by Gasteiger charge is 2.51. The lowest BCUT2D eigenvalue weighted by Crippen LogP contribution is -2.48. The molecule has 5 rings (SSSR count). The first-order valence-electron chi connectivity index (χ1n) is 7.31. The van der Waals surface area contributed by atoms with Crippen LogP contribution < -0.4 is 0 Å². The number of aryl methyl sites for hydroxylation is 1. The van der Waals surface area contributed by atoms with E-state index in [1.54, 1.807) is 0 Å². The van der Waals surface area contributed by atoms with Crippen LogP contribution in [0.2, 0.25) is 0 Å². The van der Waals surface area contributed by atoms with E-state index in [1.807, 2.05) is 6.20 Å². The predicted molar refractivity (Wildman–Crippen MR) is 75.7 cm³/mol. The van der Waals surface area contributed by atoms with E-state index < -0.39 is 0 Å². The Hall–Kier alpha value is -0.500. The van der Waals surface area contributed by atoms with Crippen molar-refractivity contribution in [3.8, 4) is 0 Å². The Kier molecular flexibility index (Phi) is 2.52. The van der Waals surface area contributed by atoms with Crippen molar-refractivity contribution in [3.63, 3.8) is 0 Å². The summed E-state index contributed by atoms with van der Waals surface area (Å²) in [4.78, 5) is 5.76. The summed E-state index contributed by atoms with van der Waals surface area (Å²) in [5, 5.41) is 0. The van der Waals surface area contributed by atoms with Crippen LogP contribution in [-0.2, 0) is 0 Å². The lowest BCUT2D eigenvalue weighted by Gasteiger charge is -2.56. The highest BCUT2D eigenvalue weighted by molar-refractivity contribution is 8.00. The molecule has 1 aromatic rings. The maximum absolute atomic E-state index is 4.36. The average molecular weight is 259 g/mol. The molecule has 4 aliphatic rings. The predicted octanol–water partition coefficient (Wildman–Crippen LogP) is 4.45. The first kappa shape index (κ1) is 11.3. The topological polar surface area (TPSA) is 12.9 Å². The van der Waals surface area contributed by atoms with E-state index in [2.05, 4.69) is 35.9 Å². The second kappa shape index (κ2) is 4.00. The van der Waals surface area contributed by atoms with Crippen LogP contribution in [-0.4, -0.2) is 9.73 Å². The lowest BCUT2D eigenvalue weighted by molar-refractivity contribution is 0.0383. The molecule has 0 spiro atoms. The Labute approximate surface area is 114 Å². The number of pyridine rings is 1. The van der Waals surface area contributed by atoms with Gasteiger partial charge < -0.3 is 0 Å². The fourth-order valence-corrected chi connectivity index (χ4v) is 6.80. The van der Waals surface area contributed by atoms with Gasteiger partial charge in [0.25, 0.3) is 0 Å². The lowest BCUT2D eigenvalue weighted by atomic mass is 9.56. The van der Waals surface area contributed by atoms with Gasteiger partial charge in [0, 0.05) is 22.0 Å². The molecule has 0 atom stereocenters. The number of rotatable bonds is 2. The van der Waals surface area contributed by atoms with Gasteiger partial charge in [-0.05, 0) is 74.8 Å². The van der Waals surface area contributed by atoms with Crippen molar-refractivity contribution in [2.24, 2.45) is 17.8 Å². The molecule has 1 aromatic heterocycles. The van der Waals surface area contributed by atoms with Crippen LogP contribution in [0.25, 0.3) is 0 Å². The van der Waals surface area contributed by atoms with Crippen molar-refractivity contribution in [2.75, 3.05) is 0 Å². The zero-order valence-electron chi connectivity index (χ0n) is 11.1. The summed E-state index contributed by atoms with van der Waals surface area (Å²) in [6.45, 7) is 2.15. The summed E-state index contributed by atoms with van der Waals surface area (Å²) < 4.78 is 0.574. The highest BCUT2D eigenvalue weighted by Crippen LogP contribution is 2.61. The van der Waals surface area contributed by atoms with Gasteiger partial charge >= 0.3 is 0 Å². The molecule has 0 amide bonds. The van der Waals surface area contributed by atoms with Crippen molar-refractivity contribution >= 4 is 11.8 Å². The maximum Gasteiger partial charge on any atom is 0.0404 e. The molecule has 1 heterocycles. The molecule has 0 N–H and O–H groups in total. The number of hydrogen-bond acceptors (Lipinski definition) is 2. The molecular weight excluding hydrogens is 238 g/mol. The average Bonchev–Trinajstić information content (AvgIpc) is 2.25. The number of nitrogens with zero attached hydrogens (tertiary/aromatic N) is 1. The summed E-state index contributed by atoms with van der Waals surface area (Å²) in [7, 11) is 0. The minimum Gasteiger partial charge on any atom is -0.263 e. The van der Waals surface area contributed by atoms with Crippen molar-refractivity contribution in [2.45, 2.75) is 55.1 Å². The Morgan fingerprint density at radius 1 is 1.06 bits per heavy atom. The smallest absolute Gasteiger partial charge is 0.0404 e. The molecule has 0 radical (unpaired) electrons. The summed E-state index contributed by atoms with van der Waals surface area (Å²) in [6.07, 6.45) is 13.0. The zero-order valence-corrected chi connectivity index (χ0v) is 11.9. The molecule has 4 fully saturated rings. The fraction of sp³-hybridized carbons (Fsp3) is 0.688. The first-order chi connectivity index (χ1) is 8.71. The normalized spacial score (nSPS) is 41.3. The van der Waals surface area contributed by atoms with Crippen LogP contribution in [0.5, 0.6) is 0 Å². The third-order valence-electron chi connectivity index (χ3n) is 5.17. The SMILES string of the molecule is Cc1cncc(SC23CC4CC(CC(C4)C2)C3)c1. The van der Waals surface area contributed by atoms with Crippen LogP contribution in [0.4, 0.5) is 0 Å². The van der Waals surface area contributed by atoms with E-state index in [4.69, 9.17) is 0 Å². The minimum absolute atomic E-state index is 0.574. The molecule has 0 aromatic carbocycles. The van der Waals surface area contributed by atoms with Gasteiger partial charge in [0.15, 0.2) is 0 Å². The third-order valence-corrected chi connectivity index (χ3v) is 6.56. The van der Waals surface area contributed by atoms with Crippen LogP contribution in [0, 0.1) is 24.7 Å². The van der Waals surface area contributed by atoms with E-state index >= 15 is 0 Å². The van der Waals surface area contributed by atoms with Gasteiger partial charge in [-0.15, -0.1) is 11.8 Å². The number of aromatic nitrogens is 1. The van der Waals surface area contributed by atoms with Crippen molar-refractivity contribution in [1.29, 1.82) is 0 Å². The molecule has 4 saturated carbocycles. The van der Waals surface area contributed by atoms with E-state index in [9.17, 15) is 0 Å². The second-order valence-electron chi connectivity index (χ2n) is 6.90. The molecule has 96 valence electrons. The summed E-state index contributed by atoms with van der Waals surface area (Å²) >= 11 is 2.15. The second-order valence-corrected chi connectivity index (χ2v) is 8.44. The van der Waals surface area contributed by atoms with E-state index in [0.717, 1.165) is 17.8 Å². The van der Waals surface area contributed by atoms with E-state index in [1.165, 1.54) is 49.0 Å². The molecule has 4 bridgehead atoms. The van der Waals surface area contributed by atoms with Crippen LogP contribution in [0.1, 0.15) is 44.1 Å². The molecule has 1 nitrogen and oxygen atoms in total. The third kappa shape index (κ3) is 1.89. The Morgan fingerprint density at radius 2 is 1.67 bits per heavy atom. The Bertz CT molecular complexity index is 433. The molecule has 4 aliphatic carbocycles. The summed E-state index contributed by atoms with van der Waals surface area (Å²) in [5.74, 6) is 3.13. The van der Waals surface area contributed by atoms with E-state index in [0.29, 0.717) is 4.75 Å². The zero-order chi connectivity index (χ0) is 12.2. The largest absolute Gasteiger partial charge is 0.263 e. The fourth-order valence-electron chi connectivity index (χ4n) is 4.99. The summed E-state index contributed by atoms with van der Waals surface area (Å²) in [6, 6.07) is 2.32. The first-order valence-corrected chi connectivity index (χ1v) is 8.13. The molecule has 2 heteroatoms. The van der Waals surface area contributed by atoms with Gasteiger partial charge in [-0.1, -0.05) is 0 Å². The Balaban J connectivity index is 1.60. The van der Waals surface area contributed by atoms with Gasteiger partial charge in [-0.3, -0.25) is 4.98 Å². The van der Waals surface area contributed by atoms with Gasteiger partial charge in [-0.25, -0.2) is 0 Å². The van der Waals surface area contributed by atoms with Gasteiger partial charge in [0.05, 0.1) is 0 Å². The number of thioether (sulfide) groups is 1. The molecular formula is C16H21NS. The summed E-state index contributed by atoms with van der Waals surface area (Å²) in [5.41, 5.74) is 1.30. The number of hydrogen-bond donors (Lipinski definition) is 0. The van der Waals surface area contributed by atoms with Gasteiger partial charge in [0.1, 0.15) is 0 Å². The standard InChI is InChI=1S/C16H21NS/c1-11-2-15(10-17-9-11)18-16-6-12-3-13(7-16)5-14(4-12)8-16/h2,9-10,12-14H,3-8H2,1H3. The van der Waals surface area contributed by atoms with Gasteiger partial charge in [-0.2, -0.15) is 0 Å². The Morgan fingerprint density at radius 3 is 2.22 bits per heavy atom. The van der Waals surface area contributed by atoms with Gasteiger partial charge in [0.2, 0.25) is 0 Å². The molecule has 0 saturated heterocycles. The minimum atomic E-state index is 0.574. The van der Waals surface area contributed by atoms with Crippen LogP contribution >= 0.6 is 11.8 Å². The van der Waals surface area contributed by atoms with Crippen molar-refractivity contribution in [3.05, 3.63) is 24.0 Å². The van der Waals surface area contributed by atoms with Crippen molar-refractivity contribution < 1.29 is 0 Å².